The number of carbonyl (C=O) groups excluding carboxylic acids is 2. The van der Waals surface area contributed by atoms with Crippen LogP contribution in [0.3, 0.4) is 0 Å². The molecule has 5 nitrogen and oxygen atoms in total. The van der Waals surface area contributed by atoms with Crippen molar-refractivity contribution in [1.82, 2.24) is 5.32 Å². The van der Waals surface area contributed by atoms with Crippen molar-refractivity contribution in [3.8, 4) is 0 Å². The Hall–Kier alpha value is -0.910. The molecule has 0 saturated heterocycles. The highest BCUT2D eigenvalue weighted by molar-refractivity contribution is 7.80. The lowest BCUT2D eigenvalue weighted by atomic mass is 10.2. The third-order valence-electron chi connectivity index (χ3n) is 1.83. The van der Waals surface area contributed by atoms with Crippen molar-refractivity contribution in [2.45, 2.75) is 45.6 Å². The fourth-order valence-corrected chi connectivity index (χ4v) is 1.22. The highest BCUT2D eigenvalue weighted by Gasteiger charge is 2.15. The number of unbranched alkanes of at least 4 members (excludes halogenated alkanes) is 1. The normalized spacial score (nSPS) is 10.9. The second-order valence-electron chi connectivity index (χ2n) is 4.83. The van der Waals surface area contributed by atoms with E-state index in [-0.39, 0.29) is 5.97 Å². The van der Waals surface area contributed by atoms with Crippen LogP contribution in [0.1, 0.15) is 40.0 Å². The fraction of sp³-hybridized carbons (Fsp3) is 0.833. The van der Waals surface area contributed by atoms with Crippen molar-refractivity contribution in [3.63, 3.8) is 0 Å². The van der Waals surface area contributed by atoms with Gasteiger partial charge in [0.1, 0.15) is 12.2 Å². The van der Waals surface area contributed by atoms with E-state index in [1.807, 2.05) is 20.8 Å². The molecule has 0 unspecified atom stereocenters. The average molecular weight is 277 g/mol. The van der Waals surface area contributed by atoms with Crippen LogP contribution in [0, 0.1) is 0 Å². The first-order valence-electron chi connectivity index (χ1n) is 6.08. The molecule has 0 rings (SSSR count). The maximum atomic E-state index is 11.3. The smallest absolute Gasteiger partial charge is 0.407 e. The number of ether oxygens (including phenoxy) is 2. The van der Waals surface area contributed by atoms with Gasteiger partial charge in [0, 0.05) is 18.7 Å². The van der Waals surface area contributed by atoms with Gasteiger partial charge in [-0.1, -0.05) is 0 Å². The molecular formula is C12H23NO4S. The summed E-state index contributed by atoms with van der Waals surface area (Å²) in [6, 6.07) is 0. The first-order chi connectivity index (χ1) is 8.35. The summed E-state index contributed by atoms with van der Waals surface area (Å²) in [6.07, 6.45) is 1.33. The number of carbonyl (C=O) groups is 2. The molecule has 6 heteroatoms. The van der Waals surface area contributed by atoms with Crippen molar-refractivity contribution in [2.24, 2.45) is 0 Å². The van der Waals surface area contributed by atoms with Crippen molar-refractivity contribution < 1.29 is 19.1 Å². The quantitative estimate of drug-likeness (QED) is 0.425. The maximum absolute atomic E-state index is 11.3. The van der Waals surface area contributed by atoms with E-state index in [1.165, 1.54) is 0 Å². The van der Waals surface area contributed by atoms with Gasteiger partial charge in [-0.05, 0) is 33.6 Å². The largest absolute Gasteiger partial charge is 0.465 e. The lowest BCUT2D eigenvalue weighted by Crippen LogP contribution is -2.33. The Morgan fingerprint density at radius 1 is 1.22 bits per heavy atom. The summed E-state index contributed by atoms with van der Waals surface area (Å²) in [4.78, 5) is 22.4. The zero-order valence-electron chi connectivity index (χ0n) is 11.3. The van der Waals surface area contributed by atoms with Crippen LogP contribution in [0.4, 0.5) is 4.79 Å². The van der Waals surface area contributed by atoms with Gasteiger partial charge in [-0.15, -0.1) is 0 Å². The van der Waals surface area contributed by atoms with E-state index >= 15 is 0 Å². The molecule has 0 aliphatic carbocycles. The predicted molar refractivity (Wildman–Crippen MR) is 72.9 cm³/mol. The van der Waals surface area contributed by atoms with Gasteiger partial charge in [0.25, 0.3) is 0 Å². The number of rotatable bonds is 7. The Kier molecular flexibility index (Phi) is 8.62. The summed E-state index contributed by atoms with van der Waals surface area (Å²) >= 11 is 3.94. The Bertz CT molecular complexity index is 263. The van der Waals surface area contributed by atoms with Gasteiger partial charge >= 0.3 is 12.1 Å². The molecule has 0 aromatic heterocycles. The summed E-state index contributed by atoms with van der Waals surface area (Å²) in [5.41, 5.74) is -0.485. The molecule has 0 fully saturated rings. The van der Waals surface area contributed by atoms with E-state index in [1.54, 1.807) is 0 Å². The van der Waals surface area contributed by atoms with Gasteiger partial charge in [-0.2, -0.15) is 12.6 Å². The van der Waals surface area contributed by atoms with E-state index in [0.29, 0.717) is 31.7 Å². The van der Waals surface area contributed by atoms with Crippen molar-refractivity contribution in [3.05, 3.63) is 0 Å². The Morgan fingerprint density at radius 3 is 2.44 bits per heavy atom. The summed E-state index contributed by atoms with van der Waals surface area (Å²) in [5, 5.41) is 2.63. The lowest BCUT2D eigenvalue weighted by molar-refractivity contribution is -0.143. The van der Waals surface area contributed by atoms with E-state index in [4.69, 9.17) is 9.47 Å². The van der Waals surface area contributed by atoms with Crippen LogP contribution in [0.15, 0.2) is 0 Å². The fourth-order valence-electron chi connectivity index (χ4n) is 1.13. The highest BCUT2D eigenvalue weighted by atomic mass is 32.1. The lowest BCUT2D eigenvalue weighted by Gasteiger charge is -2.19. The molecular weight excluding hydrogens is 254 g/mol. The van der Waals surface area contributed by atoms with Crippen molar-refractivity contribution in [1.29, 1.82) is 0 Å². The monoisotopic (exact) mass is 277 g/mol. The summed E-state index contributed by atoms with van der Waals surface area (Å²) in [5.74, 6) is 0.313. The van der Waals surface area contributed by atoms with Crippen LogP contribution < -0.4 is 5.32 Å². The molecule has 0 aromatic carbocycles. The molecule has 1 amide bonds. The van der Waals surface area contributed by atoms with Crippen LogP contribution in [0.2, 0.25) is 0 Å². The molecule has 106 valence electrons. The number of hydrogen-bond donors (Lipinski definition) is 2. The first kappa shape index (κ1) is 17.1. The SMILES string of the molecule is CC(C)(C)OC(=O)NCCCCC(=O)OCCS. The molecule has 18 heavy (non-hydrogen) atoms. The van der Waals surface area contributed by atoms with Gasteiger partial charge in [-0.25, -0.2) is 4.79 Å². The molecule has 0 bridgehead atoms. The van der Waals surface area contributed by atoms with Crippen molar-refractivity contribution >= 4 is 24.7 Å². The van der Waals surface area contributed by atoms with Crippen molar-refractivity contribution in [2.75, 3.05) is 18.9 Å². The van der Waals surface area contributed by atoms with Crippen LogP contribution >= 0.6 is 12.6 Å². The molecule has 0 aliphatic rings. The molecule has 0 aromatic rings. The topological polar surface area (TPSA) is 64.6 Å². The number of thiol groups is 1. The van der Waals surface area contributed by atoms with E-state index in [9.17, 15) is 9.59 Å². The zero-order chi connectivity index (χ0) is 14.0. The van der Waals surface area contributed by atoms with E-state index in [2.05, 4.69) is 17.9 Å². The first-order valence-corrected chi connectivity index (χ1v) is 6.72. The van der Waals surface area contributed by atoms with Gasteiger partial charge in [-0.3, -0.25) is 4.79 Å². The zero-order valence-corrected chi connectivity index (χ0v) is 12.2. The third-order valence-corrected chi connectivity index (χ3v) is 2.01. The Balaban J connectivity index is 3.45. The molecule has 1 N–H and O–H groups in total. The number of hydrogen-bond acceptors (Lipinski definition) is 5. The molecule has 0 spiro atoms. The van der Waals surface area contributed by atoms with Crippen LogP contribution in [0.5, 0.6) is 0 Å². The minimum atomic E-state index is -0.485. The highest BCUT2D eigenvalue weighted by Crippen LogP contribution is 2.06. The summed E-state index contributed by atoms with van der Waals surface area (Å²) in [6.45, 7) is 6.27. The number of nitrogens with one attached hydrogen (secondary N) is 1. The second-order valence-corrected chi connectivity index (χ2v) is 5.28. The summed E-state index contributed by atoms with van der Waals surface area (Å²) in [7, 11) is 0. The Morgan fingerprint density at radius 2 is 1.89 bits per heavy atom. The van der Waals surface area contributed by atoms with E-state index < -0.39 is 11.7 Å². The van der Waals surface area contributed by atoms with Gasteiger partial charge in [0.05, 0.1) is 0 Å². The third kappa shape index (κ3) is 11.6. The number of esters is 1. The Labute approximate surface area is 114 Å². The molecule has 0 aliphatic heterocycles. The summed E-state index contributed by atoms with van der Waals surface area (Å²) < 4.78 is 9.93. The molecule has 0 saturated carbocycles. The van der Waals surface area contributed by atoms with Crippen LogP contribution in [-0.2, 0) is 14.3 Å². The number of amides is 1. The van der Waals surface area contributed by atoms with Gasteiger partial charge in [0.15, 0.2) is 0 Å². The maximum Gasteiger partial charge on any atom is 0.407 e. The minimum absolute atomic E-state index is 0.221. The number of alkyl carbamates (subject to hydrolysis) is 1. The van der Waals surface area contributed by atoms with Crippen LogP contribution in [0.25, 0.3) is 0 Å². The standard InChI is InChI=1S/C12H23NO4S/c1-12(2,3)17-11(15)13-7-5-4-6-10(14)16-8-9-18/h18H,4-9H2,1-3H3,(H,13,15). The molecule has 0 atom stereocenters. The average Bonchev–Trinajstić information content (AvgIpc) is 2.23. The van der Waals surface area contributed by atoms with Gasteiger partial charge in [0.2, 0.25) is 0 Å². The van der Waals surface area contributed by atoms with Crippen LogP contribution in [-0.4, -0.2) is 36.6 Å². The predicted octanol–water partition coefficient (Wildman–Crippen LogP) is 2.15. The molecule has 0 heterocycles. The minimum Gasteiger partial charge on any atom is -0.465 e. The molecule has 0 radical (unpaired) electrons. The van der Waals surface area contributed by atoms with Gasteiger partial charge < -0.3 is 14.8 Å². The van der Waals surface area contributed by atoms with E-state index in [0.717, 1.165) is 6.42 Å². The second kappa shape index (κ2) is 9.08.